The Balaban J connectivity index is 1.93. The molecule has 3 heteroatoms. The molecule has 1 aromatic carbocycles. The number of rotatable bonds is 4. The summed E-state index contributed by atoms with van der Waals surface area (Å²) < 4.78 is 12.2. The summed E-state index contributed by atoms with van der Waals surface area (Å²) in [6.07, 6.45) is 4.41. The molecule has 0 bridgehead atoms. The molecule has 2 nitrogen and oxygen atoms in total. The lowest BCUT2D eigenvalue weighted by atomic mass is 9.91. The van der Waals surface area contributed by atoms with E-state index in [4.69, 9.17) is 0 Å². The van der Waals surface area contributed by atoms with Crippen LogP contribution >= 0.6 is 0 Å². The maximum absolute atomic E-state index is 12.2. The molecule has 18 heavy (non-hydrogen) atoms. The molecule has 0 amide bonds. The van der Waals surface area contributed by atoms with E-state index in [1.165, 1.54) is 6.42 Å². The largest absolute Gasteiger partial charge is 0.293 e. The molecule has 0 aliphatic heterocycles. The average Bonchev–Trinajstić information content (AvgIpc) is 2.39. The van der Waals surface area contributed by atoms with E-state index in [-0.39, 0.29) is 16.8 Å². The van der Waals surface area contributed by atoms with Crippen molar-refractivity contribution in [3.05, 3.63) is 35.9 Å². The highest BCUT2D eigenvalue weighted by Crippen LogP contribution is 2.27. The first-order chi connectivity index (χ1) is 8.66. The molecule has 3 unspecified atom stereocenters. The second-order valence-electron chi connectivity index (χ2n) is 5.21. The van der Waals surface area contributed by atoms with Gasteiger partial charge < -0.3 is 0 Å². The predicted molar refractivity (Wildman–Crippen MR) is 75.2 cm³/mol. The number of hydrogen-bond acceptors (Lipinski definition) is 2. The molecule has 0 aromatic heterocycles. The zero-order valence-electron chi connectivity index (χ0n) is 10.8. The van der Waals surface area contributed by atoms with Gasteiger partial charge >= 0.3 is 0 Å². The Hall–Kier alpha value is -0.960. The molecule has 1 saturated carbocycles. The summed E-state index contributed by atoms with van der Waals surface area (Å²) in [4.78, 5) is 12.0. The number of carbonyl (C=O) groups is 1. The normalized spacial score (nSPS) is 25.6. The standard InChI is InChI=1S/C15H20O2S/c1-12-6-5-9-14(10-12)18(17)11-15(16)13-7-3-2-4-8-13/h2-4,7-8,12,14H,5-6,9-11H2,1H3. The molecule has 0 radical (unpaired) electrons. The lowest BCUT2D eigenvalue weighted by molar-refractivity contribution is 0.102. The molecule has 0 spiro atoms. The zero-order chi connectivity index (χ0) is 13.0. The van der Waals surface area contributed by atoms with E-state index < -0.39 is 10.8 Å². The van der Waals surface area contributed by atoms with E-state index in [1.807, 2.05) is 18.2 Å². The van der Waals surface area contributed by atoms with Crippen molar-refractivity contribution < 1.29 is 9.00 Å². The van der Waals surface area contributed by atoms with Gasteiger partial charge in [-0.3, -0.25) is 9.00 Å². The minimum absolute atomic E-state index is 0.00663. The monoisotopic (exact) mass is 264 g/mol. The zero-order valence-corrected chi connectivity index (χ0v) is 11.6. The summed E-state index contributed by atoms with van der Waals surface area (Å²) in [5.41, 5.74) is 0.676. The second-order valence-corrected chi connectivity index (χ2v) is 6.92. The Kier molecular flexibility index (Phi) is 4.70. The topological polar surface area (TPSA) is 34.1 Å². The predicted octanol–water partition coefficient (Wildman–Crippen LogP) is 3.20. The maximum Gasteiger partial charge on any atom is 0.175 e. The van der Waals surface area contributed by atoms with E-state index in [9.17, 15) is 9.00 Å². The van der Waals surface area contributed by atoms with Gasteiger partial charge in [0.1, 0.15) is 0 Å². The molecule has 0 heterocycles. The van der Waals surface area contributed by atoms with Crippen molar-refractivity contribution in [1.82, 2.24) is 0 Å². The van der Waals surface area contributed by atoms with Crippen LogP contribution in [0.15, 0.2) is 30.3 Å². The Labute approximate surface area is 111 Å². The lowest BCUT2D eigenvalue weighted by Gasteiger charge is -2.25. The van der Waals surface area contributed by atoms with Gasteiger partial charge in [-0.25, -0.2) is 0 Å². The summed E-state index contributed by atoms with van der Waals surface area (Å²) in [7, 11) is -1.01. The Morgan fingerprint density at radius 3 is 2.67 bits per heavy atom. The molecule has 1 aliphatic rings. The summed E-state index contributed by atoms with van der Waals surface area (Å²) in [5.74, 6) is 0.841. The quantitative estimate of drug-likeness (QED) is 0.783. The number of carbonyl (C=O) groups excluding carboxylic acids is 1. The minimum atomic E-state index is -1.01. The van der Waals surface area contributed by atoms with Crippen LogP contribution in [0.1, 0.15) is 43.0 Å². The van der Waals surface area contributed by atoms with Crippen molar-refractivity contribution in [3.63, 3.8) is 0 Å². The van der Waals surface area contributed by atoms with E-state index in [1.54, 1.807) is 12.1 Å². The van der Waals surface area contributed by atoms with Crippen molar-refractivity contribution in [2.75, 3.05) is 5.75 Å². The van der Waals surface area contributed by atoms with E-state index in [0.29, 0.717) is 11.5 Å². The first-order valence-corrected chi connectivity index (χ1v) is 8.00. The first kappa shape index (κ1) is 13.5. The number of benzene rings is 1. The van der Waals surface area contributed by atoms with Gasteiger partial charge in [0.25, 0.3) is 0 Å². The van der Waals surface area contributed by atoms with E-state index in [0.717, 1.165) is 19.3 Å². The highest BCUT2D eigenvalue weighted by molar-refractivity contribution is 7.86. The van der Waals surface area contributed by atoms with Crippen molar-refractivity contribution >= 4 is 16.6 Å². The molecule has 2 rings (SSSR count). The van der Waals surface area contributed by atoms with Gasteiger partial charge in [-0.15, -0.1) is 0 Å². The van der Waals surface area contributed by atoms with Crippen LogP contribution in [-0.2, 0) is 10.8 Å². The van der Waals surface area contributed by atoms with Gasteiger partial charge in [0.05, 0.1) is 5.75 Å². The summed E-state index contributed by atoms with van der Waals surface area (Å²) in [5, 5.41) is 0.224. The van der Waals surface area contributed by atoms with Gasteiger partial charge in [0.2, 0.25) is 0 Å². The first-order valence-electron chi connectivity index (χ1n) is 6.62. The van der Waals surface area contributed by atoms with Crippen molar-refractivity contribution in [3.8, 4) is 0 Å². The molecule has 1 aromatic rings. The Morgan fingerprint density at radius 1 is 1.28 bits per heavy atom. The van der Waals surface area contributed by atoms with Gasteiger partial charge in [-0.1, -0.05) is 50.1 Å². The van der Waals surface area contributed by atoms with Crippen LogP contribution < -0.4 is 0 Å². The van der Waals surface area contributed by atoms with Crippen molar-refractivity contribution in [1.29, 1.82) is 0 Å². The van der Waals surface area contributed by atoms with Gasteiger partial charge in [-0.05, 0) is 18.8 Å². The van der Waals surface area contributed by atoms with Crippen LogP contribution in [-0.4, -0.2) is 21.0 Å². The van der Waals surface area contributed by atoms with E-state index >= 15 is 0 Å². The lowest BCUT2D eigenvalue weighted by Crippen LogP contribution is -2.27. The third-order valence-electron chi connectivity index (χ3n) is 3.63. The van der Waals surface area contributed by atoms with Crippen LogP contribution in [0.25, 0.3) is 0 Å². The molecule has 98 valence electrons. The van der Waals surface area contributed by atoms with Crippen LogP contribution in [0.4, 0.5) is 0 Å². The SMILES string of the molecule is CC1CCCC(S(=O)CC(=O)c2ccccc2)C1. The molecule has 1 aliphatic carbocycles. The fraction of sp³-hybridized carbons (Fsp3) is 0.533. The van der Waals surface area contributed by atoms with Gasteiger partial charge in [0.15, 0.2) is 5.78 Å². The van der Waals surface area contributed by atoms with Crippen molar-refractivity contribution in [2.45, 2.75) is 37.9 Å². The Morgan fingerprint density at radius 2 is 2.00 bits per heavy atom. The number of hydrogen-bond donors (Lipinski definition) is 0. The molecule has 3 atom stereocenters. The maximum atomic E-state index is 12.2. The number of ketones is 1. The van der Waals surface area contributed by atoms with Gasteiger partial charge in [-0.2, -0.15) is 0 Å². The summed E-state index contributed by atoms with van der Waals surface area (Å²) in [6, 6.07) is 9.17. The van der Waals surface area contributed by atoms with Crippen LogP contribution in [0.5, 0.6) is 0 Å². The minimum Gasteiger partial charge on any atom is -0.293 e. The van der Waals surface area contributed by atoms with Crippen molar-refractivity contribution in [2.24, 2.45) is 5.92 Å². The Bertz CT molecular complexity index is 427. The molecule has 0 saturated heterocycles. The molecular formula is C15H20O2S. The van der Waals surface area contributed by atoms with Crippen LogP contribution in [0.2, 0.25) is 0 Å². The van der Waals surface area contributed by atoms with Crippen LogP contribution in [0, 0.1) is 5.92 Å². The second kappa shape index (κ2) is 6.28. The summed E-state index contributed by atoms with van der Waals surface area (Å²) in [6.45, 7) is 2.21. The molecular weight excluding hydrogens is 244 g/mol. The number of Topliss-reactive ketones (excluding diaryl/α,β-unsaturated/α-hetero) is 1. The highest BCUT2D eigenvalue weighted by atomic mass is 32.2. The average molecular weight is 264 g/mol. The fourth-order valence-electron chi connectivity index (χ4n) is 2.57. The third-order valence-corrected chi connectivity index (χ3v) is 5.35. The van der Waals surface area contributed by atoms with Gasteiger partial charge in [0, 0.05) is 21.6 Å². The summed E-state index contributed by atoms with van der Waals surface area (Å²) >= 11 is 0. The van der Waals surface area contributed by atoms with E-state index in [2.05, 4.69) is 6.92 Å². The highest BCUT2D eigenvalue weighted by Gasteiger charge is 2.25. The third kappa shape index (κ3) is 3.52. The molecule has 1 fully saturated rings. The smallest absolute Gasteiger partial charge is 0.175 e. The van der Waals surface area contributed by atoms with Crippen LogP contribution in [0.3, 0.4) is 0 Å². The fourth-order valence-corrected chi connectivity index (χ4v) is 4.21. The molecule has 0 N–H and O–H groups in total.